The summed E-state index contributed by atoms with van der Waals surface area (Å²) in [4.78, 5) is 38.9. The van der Waals surface area contributed by atoms with Gasteiger partial charge in [0.25, 0.3) is 11.5 Å². The lowest BCUT2D eigenvalue weighted by Crippen LogP contribution is -2.36. The van der Waals surface area contributed by atoms with Gasteiger partial charge in [-0.05, 0) is 17.0 Å². The van der Waals surface area contributed by atoms with E-state index in [1.807, 2.05) is 29.2 Å². The van der Waals surface area contributed by atoms with Crippen molar-refractivity contribution in [2.75, 3.05) is 12.3 Å². The minimum atomic E-state index is -0.808. The Bertz CT molecular complexity index is 836. The van der Waals surface area contributed by atoms with E-state index in [-0.39, 0.29) is 17.9 Å². The molecule has 1 amide bonds. The van der Waals surface area contributed by atoms with Crippen LogP contribution < -0.4 is 28.0 Å². The summed E-state index contributed by atoms with van der Waals surface area (Å²) in [7, 11) is 0. The maximum absolute atomic E-state index is 12.1. The van der Waals surface area contributed by atoms with E-state index in [1.54, 1.807) is 0 Å². The van der Waals surface area contributed by atoms with Gasteiger partial charge in [0, 0.05) is 12.6 Å². The third-order valence-electron chi connectivity index (χ3n) is 3.72. The fourth-order valence-corrected chi connectivity index (χ4v) is 2.21. The van der Waals surface area contributed by atoms with Crippen molar-refractivity contribution in [1.82, 2.24) is 15.3 Å². The molecule has 0 bridgehead atoms. The predicted octanol–water partition coefficient (Wildman–Crippen LogP) is 0.199. The number of benzene rings is 1. The highest BCUT2D eigenvalue weighted by molar-refractivity contribution is 5.96. The van der Waals surface area contributed by atoms with Crippen LogP contribution in [-0.2, 0) is 0 Å². The number of rotatable bonds is 5. The maximum Gasteiger partial charge on any atom is 0.326 e. The summed E-state index contributed by atoms with van der Waals surface area (Å²) in [6.07, 6.45) is 0. The number of aromatic nitrogens is 2. The number of amides is 1. The van der Waals surface area contributed by atoms with Crippen molar-refractivity contribution in [3.05, 3.63) is 61.9 Å². The topological polar surface area (TPSA) is 147 Å². The first-order valence-electron chi connectivity index (χ1n) is 7.55. The van der Waals surface area contributed by atoms with Crippen molar-refractivity contribution < 1.29 is 4.79 Å². The first-order chi connectivity index (χ1) is 11.3. The summed E-state index contributed by atoms with van der Waals surface area (Å²) in [6, 6.07) is 7.39. The molecule has 1 aromatic heterocycles. The highest BCUT2D eigenvalue weighted by Gasteiger charge is 2.15. The van der Waals surface area contributed by atoms with Crippen LogP contribution in [-0.4, -0.2) is 22.4 Å². The van der Waals surface area contributed by atoms with E-state index in [9.17, 15) is 14.4 Å². The molecule has 0 radical (unpaired) electrons. The van der Waals surface area contributed by atoms with Crippen LogP contribution in [0.2, 0.25) is 0 Å². The lowest BCUT2D eigenvalue weighted by atomic mass is 9.99. The first-order valence-corrected chi connectivity index (χ1v) is 7.55. The number of hydrogen-bond acceptors (Lipinski definition) is 5. The molecule has 1 aromatic carbocycles. The van der Waals surface area contributed by atoms with Gasteiger partial charge in [-0.25, -0.2) is 4.79 Å². The third-order valence-corrected chi connectivity index (χ3v) is 3.72. The lowest BCUT2D eigenvalue weighted by Gasteiger charge is -2.15. The number of aromatic amines is 2. The molecule has 0 aliphatic heterocycles. The molecule has 0 aliphatic rings. The summed E-state index contributed by atoms with van der Waals surface area (Å²) in [5.74, 6) is -0.240. The quantitative estimate of drug-likeness (QED) is 0.531. The molecule has 1 heterocycles. The van der Waals surface area contributed by atoms with Crippen LogP contribution in [0.3, 0.4) is 0 Å². The number of nitrogens with two attached hydrogens (primary N) is 2. The number of hydrogen-bond donors (Lipinski definition) is 5. The number of anilines is 1. The Labute approximate surface area is 138 Å². The molecule has 0 aliphatic carbocycles. The minimum Gasteiger partial charge on any atom is -0.392 e. The van der Waals surface area contributed by atoms with E-state index in [1.165, 1.54) is 5.56 Å². The van der Waals surface area contributed by atoms with Crippen molar-refractivity contribution in [1.29, 1.82) is 0 Å². The van der Waals surface area contributed by atoms with Gasteiger partial charge < -0.3 is 21.8 Å². The Morgan fingerprint density at radius 2 is 1.71 bits per heavy atom. The smallest absolute Gasteiger partial charge is 0.326 e. The second kappa shape index (κ2) is 7.14. The van der Waals surface area contributed by atoms with Crippen molar-refractivity contribution in [2.45, 2.75) is 25.8 Å². The summed E-state index contributed by atoms with van der Waals surface area (Å²) in [5.41, 5.74) is 11.4. The monoisotopic (exact) mass is 331 g/mol. The highest BCUT2D eigenvalue weighted by atomic mass is 16.2. The predicted molar refractivity (Wildman–Crippen MR) is 91.9 cm³/mol. The van der Waals surface area contributed by atoms with Gasteiger partial charge in [-0.1, -0.05) is 38.1 Å². The summed E-state index contributed by atoms with van der Waals surface area (Å²) >= 11 is 0. The average molecular weight is 331 g/mol. The van der Waals surface area contributed by atoms with Crippen LogP contribution in [0.15, 0.2) is 33.9 Å². The Hall–Kier alpha value is -2.87. The average Bonchev–Trinajstić information content (AvgIpc) is 2.55. The van der Waals surface area contributed by atoms with Gasteiger partial charge in [0.15, 0.2) is 0 Å². The summed E-state index contributed by atoms with van der Waals surface area (Å²) in [6.45, 7) is 4.33. The molecular formula is C16H21N5O3. The number of carbonyl (C=O) groups excluding carboxylic acids is 1. The van der Waals surface area contributed by atoms with E-state index in [0.717, 1.165) is 5.56 Å². The molecule has 2 rings (SSSR count). The molecule has 0 spiro atoms. The summed E-state index contributed by atoms with van der Waals surface area (Å²) < 4.78 is 0. The second-order valence-corrected chi connectivity index (χ2v) is 5.83. The molecule has 2 aromatic rings. The van der Waals surface area contributed by atoms with Gasteiger partial charge in [-0.3, -0.25) is 14.6 Å². The van der Waals surface area contributed by atoms with Gasteiger partial charge in [0.1, 0.15) is 11.4 Å². The largest absolute Gasteiger partial charge is 0.392 e. The molecule has 128 valence electrons. The van der Waals surface area contributed by atoms with E-state index in [4.69, 9.17) is 11.5 Å². The number of H-pyrrole nitrogens is 2. The molecule has 24 heavy (non-hydrogen) atoms. The SMILES string of the molecule is CC(C)c1ccc(C(N)CNC(=O)c2[nH]c(=O)[nH]c(=O)c2N)cc1. The number of carbonyl (C=O) groups is 1. The van der Waals surface area contributed by atoms with Crippen LogP contribution >= 0.6 is 0 Å². The Morgan fingerprint density at radius 1 is 1.12 bits per heavy atom. The molecular weight excluding hydrogens is 310 g/mol. The van der Waals surface area contributed by atoms with E-state index < -0.39 is 23.2 Å². The maximum atomic E-state index is 12.1. The van der Waals surface area contributed by atoms with Gasteiger partial charge in [-0.15, -0.1) is 0 Å². The fourth-order valence-electron chi connectivity index (χ4n) is 2.21. The molecule has 8 heteroatoms. The Morgan fingerprint density at radius 3 is 2.29 bits per heavy atom. The minimum absolute atomic E-state index is 0.133. The van der Waals surface area contributed by atoms with Crippen molar-refractivity contribution in [3.63, 3.8) is 0 Å². The molecule has 1 atom stereocenters. The zero-order valence-electron chi connectivity index (χ0n) is 13.6. The van der Waals surface area contributed by atoms with Crippen LogP contribution in [0.1, 0.15) is 47.4 Å². The molecule has 0 saturated heterocycles. The first kappa shape index (κ1) is 17.5. The van der Waals surface area contributed by atoms with Crippen molar-refractivity contribution >= 4 is 11.6 Å². The Balaban J connectivity index is 2.06. The Kier molecular flexibility index (Phi) is 5.20. The van der Waals surface area contributed by atoms with E-state index in [2.05, 4.69) is 24.1 Å². The standard InChI is InChI=1S/C16H21N5O3/c1-8(2)9-3-5-10(6-4-9)11(17)7-19-15(23)13-12(18)14(22)21-16(24)20-13/h3-6,8,11H,7,17-18H2,1-2H3,(H,19,23)(H2,20,21,22,24). The van der Waals surface area contributed by atoms with Crippen LogP contribution in [0.5, 0.6) is 0 Å². The second-order valence-electron chi connectivity index (χ2n) is 5.83. The van der Waals surface area contributed by atoms with Crippen LogP contribution in [0, 0.1) is 0 Å². The van der Waals surface area contributed by atoms with Gasteiger partial charge in [0.2, 0.25) is 0 Å². The number of nitrogens with one attached hydrogen (secondary N) is 3. The zero-order valence-corrected chi connectivity index (χ0v) is 13.6. The van der Waals surface area contributed by atoms with Gasteiger partial charge >= 0.3 is 5.69 Å². The van der Waals surface area contributed by atoms with Crippen molar-refractivity contribution in [2.24, 2.45) is 5.73 Å². The highest BCUT2D eigenvalue weighted by Crippen LogP contribution is 2.17. The van der Waals surface area contributed by atoms with E-state index >= 15 is 0 Å². The normalized spacial score (nSPS) is 12.2. The van der Waals surface area contributed by atoms with Gasteiger partial charge in [-0.2, -0.15) is 0 Å². The molecule has 0 fully saturated rings. The van der Waals surface area contributed by atoms with Crippen molar-refractivity contribution in [3.8, 4) is 0 Å². The van der Waals surface area contributed by atoms with Crippen LogP contribution in [0.4, 0.5) is 5.69 Å². The number of nitrogen functional groups attached to an aromatic ring is 1. The van der Waals surface area contributed by atoms with E-state index in [0.29, 0.717) is 5.92 Å². The molecule has 0 saturated carbocycles. The summed E-state index contributed by atoms with van der Waals surface area (Å²) in [5, 5.41) is 2.56. The molecule has 8 nitrogen and oxygen atoms in total. The van der Waals surface area contributed by atoms with Gasteiger partial charge in [0.05, 0.1) is 0 Å². The zero-order chi connectivity index (χ0) is 17.9. The molecule has 7 N–H and O–H groups in total. The fraction of sp³-hybridized carbons (Fsp3) is 0.312. The lowest BCUT2D eigenvalue weighted by molar-refractivity contribution is 0.0946. The van der Waals surface area contributed by atoms with Crippen LogP contribution in [0.25, 0.3) is 0 Å². The molecule has 1 unspecified atom stereocenters. The third kappa shape index (κ3) is 3.90.